The number of piperidine rings is 1. The quantitative estimate of drug-likeness (QED) is 0.709. The summed E-state index contributed by atoms with van der Waals surface area (Å²) < 4.78 is 30.1. The monoisotopic (exact) mass is 431 g/mol. The van der Waals surface area contributed by atoms with E-state index in [2.05, 4.69) is 15.0 Å². The Hall–Kier alpha value is -2.59. The number of sulfone groups is 1. The van der Waals surface area contributed by atoms with Gasteiger partial charge in [0.2, 0.25) is 5.95 Å². The lowest BCUT2D eigenvalue weighted by atomic mass is 9.93. The van der Waals surface area contributed by atoms with Gasteiger partial charge in [-0.15, -0.1) is 0 Å². The van der Waals surface area contributed by atoms with Gasteiger partial charge in [0.05, 0.1) is 25.1 Å². The number of carbonyl (C=O) groups is 1. The van der Waals surface area contributed by atoms with Crippen molar-refractivity contribution >= 4 is 21.7 Å². The molecule has 2 aliphatic rings. The zero-order valence-electron chi connectivity index (χ0n) is 16.9. The lowest BCUT2D eigenvalue weighted by Gasteiger charge is -2.33. The maximum atomic E-state index is 12.7. The van der Waals surface area contributed by atoms with Crippen molar-refractivity contribution in [1.82, 2.24) is 19.9 Å². The van der Waals surface area contributed by atoms with Gasteiger partial charge < -0.3 is 14.5 Å². The summed E-state index contributed by atoms with van der Waals surface area (Å²) in [5.74, 6) is 0.464. The van der Waals surface area contributed by atoms with Crippen molar-refractivity contribution in [2.24, 2.45) is 0 Å². The highest BCUT2D eigenvalue weighted by atomic mass is 32.2. The average molecular weight is 432 g/mol. The van der Waals surface area contributed by atoms with Crippen LogP contribution >= 0.6 is 0 Å². The second-order valence-electron chi connectivity index (χ2n) is 7.59. The second kappa shape index (κ2) is 8.65. The minimum Gasteiger partial charge on any atom is -0.378 e. The van der Waals surface area contributed by atoms with E-state index >= 15 is 0 Å². The molecule has 0 spiro atoms. The fourth-order valence-corrected chi connectivity index (χ4v) is 4.74. The molecule has 4 heterocycles. The molecule has 2 aliphatic heterocycles. The summed E-state index contributed by atoms with van der Waals surface area (Å²) in [6, 6.07) is 3.41. The zero-order chi connectivity index (χ0) is 21.1. The lowest BCUT2D eigenvalue weighted by Crippen LogP contribution is -2.39. The molecular weight excluding hydrogens is 406 g/mol. The Morgan fingerprint density at radius 1 is 1.10 bits per heavy atom. The lowest BCUT2D eigenvalue weighted by molar-refractivity contribution is 0.0711. The van der Waals surface area contributed by atoms with E-state index in [0.717, 1.165) is 0 Å². The number of morpholine rings is 1. The molecule has 0 bridgehead atoms. The molecule has 2 fully saturated rings. The molecule has 0 radical (unpaired) electrons. The van der Waals surface area contributed by atoms with Crippen LogP contribution in [-0.2, 0) is 14.6 Å². The van der Waals surface area contributed by atoms with E-state index in [9.17, 15) is 13.2 Å². The molecule has 0 N–H and O–H groups in total. The van der Waals surface area contributed by atoms with Crippen molar-refractivity contribution in [1.29, 1.82) is 0 Å². The summed E-state index contributed by atoms with van der Waals surface area (Å²) in [4.78, 5) is 29.6. The third-order valence-corrected chi connectivity index (χ3v) is 6.67. The maximum Gasteiger partial charge on any atom is 0.253 e. The third kappa shape index (κ3) is 4.44. The first kappa shape index (κ1) is 20.7. The highest BCUT2D eigenvalue weighted by molar-refractivity contribution is 7.90. The van der Waals surface area contributed by atoms with Crippen LogP contribution in [0.4, 0.5) is 5.95 Å². The van der Waals surface area contributed by atoms with Crippen LogP contribution in [0.1, 0.15) is 34.8 Å². The number of pyridine rings is 1. The molecule has 30 heavy (non-hydrogen) atoms. The van der Waals surface area contributed by atoms with Crippen molar-refractivity contribution < 1.29 is 17.9 Å². The van der Waals surface area contributed by atoms with Crippen LogP contribution in [0.3, 0.4) is 0 Å². The Labute approximate surface area is 176 Å². The first-order valence-corrected chi connectivity index (χ1v) is 11.9. The summed E-state index contributed by atoms with van der Waals surface area (Å²) in [6.45, 7) is 3.65. The normalized spacial score (nSPS) is 18.4. The highest BCUT2D eigenvalue weighted by Crippen LogP contribution is 2.32. The van der Waals surface area contributed by atoms with E-state index in [1.54, 1.807) is 29.4 Å². The first-order chi connectivity index (χ1) is 14.4. The number of carbonyl (C=O) groups excluding carboxylic acids is 1. The number of ether oxygens (including phenoxy) is 1. The molecule has 160 valence electrons. The summed E-state index contributed by atoms with van der Waals surface area (Å²) in [6.07, 6.45) is 7.12. The van der Waals surface area contributed by atoms with Crippen molar-refractivity contribution in [3.63, 3.8) is 0 Å². The fraction of sp³-hybridized carbons (Fsp3) is 0.500. The van der Waals surface area contributed by atoms with Gasteiger partial charge in [0, 0.05) is 56.3 Å². The van der Waals surface area contributed by atoms with Crippen LogP contribution in [-0.4, -0.2) is 79.8 Å². The maximum absolute atomic E-state index is 12.7. The van der Waals surface area contributed by atoms with Crippen LogP contribution in [0, 0.1) is 0 Å². The first-order valence-electron chi connectivity index (χ1n) is 10.0. The third-order valence-electron chi connectivity index (χ3n) is 5.56. The molecular formula is C20H25N5O4S. The van der Waals surface area contributed by atoms with Crippen molar-refractivity contribution in [2.75, 3.05) is 50.5 Å². The minimum atomic E-state index is -3.46. The Kier molecular flexibility index (Phi) is 5.96. The van der Waals surface area contributed by atoms with Crippen molar-refractivity contribution in [3.8, 4) is 0 Å². The zero-order valence-corrected chi connectivity index (χ0v) is 17.7. The van der Waals surface area contributed by atoms with E-state index in [1.165, 1.54) is 12.5 Å². The molecule has 2 saturated heterocycles. The van der Waals surface area contributed by atoms with E-state index in [4.69, 9.17) is 4.74 Å². The standard InChI is InChI=1S/C20H25N5O4S/c1-30(27,28)17-14-22-20(25-10-12-29-13-11-25)23-18(17)15-4-8-24(9-5-15)19(26)16-2-6-21-7-3-16/h2-3,6-7,14-15H,4-5,8-13H2,1H3. The van der Waals surface area contributed by atoms with Gasteiger partial charge in [-0.25, -0.2) is 18.4 Å². The molecule has 0 atom stereocenters. The van der Waals surface area contributed by atoms with Crippen LogP contribution in [0.2, 0.25) is 0 Å². The number of anilines is 1. The van der Waals surface area contributed by atoms with Gasteiger partial charge in [-0.05, 0) is 25.0 Å². The molecule has 2 aromatic heterocycles. The second-order valence-corrected chi connectivity index (χ2v) is 9.58. The number of amides is 1. The number of aromatic nitrogens is 3. The van der Waals surface area contributed by atoms with Crippen LogP contribution in [0.15, 0.2) is 35.6 Å². The van der Waals surface area contributed by atoms with E-state index in [-0.39, 0.29) is 16.7 Å². The van der Waals surface area contributed by atoms with Crippen molar-refractivity contribution in [3.05, 3.63) is 42.0 Å². The van der Waals surface area contributed by atoms with Gasteiger partial charge in [-0.2, -0.15) is 0 Å². The van der Waals surface area contributed by atoms with E-state index in [0.29, 0.717) is 69.4 Å². The summed E-state index contributed by atoms with van der Waals surface area (Å²) in [7, 11) is -3.46. The Balaban J connectivity index is 1.55. The van der Waals surface area contributed by atoms with Gasteiger partial charge in [0.15, 0.2) is 9.84 Å². The van der Waals surface area contributed by atoms with Gasteiger partial charge in [0.25, 0.3) is 5.91 Å². The number of nitrogens with zero attached hydrogens (tertiary/aromatic N) is 5. The largest absolute Gasteiger partial charge is 0.378 e. The van der Waals surface area contributed by atoms with E-state index in [1.807, 2.05) is 4.90 Å². The SMILES string of the molecule is CS(=O)(=O)c1cnc(N2CCOCC2)nc1C1CCN(C(=O)c2ccncc2)CC1. The molecule has 1 amide bonds. The van der Waals surface area contributed by atoms with Gasteiger partial charge in [0.1, 0.15) is 4.90 Å². The number of rotatable bonds is 4. The molecule has 0 aliphatic carbocycles. The molecule has 9 nitrogen and oxygen atoms in total. The molecule has 0 unspecified atom stereocenters. The number of hydrogen-bond donors (Lipinski definition) is 0. The Morgan fingerprint density at radius 3 is 2.40 bits per heavy atom. The average Bonchev–Trinajstić information content (AvgIpc) is 2.79. The van der Waals surface area contributed by atoms with Gasteiger partial charge >= 0.3 is 0 Å². The van der Waals surface area contributed by atoms with Crippen LogP contribution in [0.25, 0.3) is 0 Å². The number of hydrogen-bond acceptors (Lipinski definition) is 8. The van der Waals surface area contributed by atoms with Crippen LogP contribution < -0.4 is 4.90 Å². The smallest absolute Gasteiger partial charge is 0.253 e. The van der Waals surface area contributed by atoms with Crippen LogP contribution in [0.5, 0.6) is 0 Å². The summed E-state index contributed by atoms with van der Waals surface area (Å²) >= 11 is 0. The van der Waals surface area contributed by atoms with Crippen molar-refractivity contribution in [2.45, 2.75) is 23.7 Å². The molecule has 10 heteroatoms. The molecule has 4 rings (SSSR count). The van der Waals surface area contributed by atoms with Gasteiger partial charge in [-0.1, -0.05) is 0 Å². The topological polar surface area (TPSA) is 106 Å². The van der Waals surface area contributed by atoms with E-state index < -0.39 is 9.84 Å². The number of likely N-dealkylation sites (tertiary alicyclic amines) is 1. The van der Waals surface area contributed by atoms with Gasteiger partial charge in [-0.3, -0.25) is 9.78 Å². The molecule has 0 aromatic carbocycles. The highest BCUT2D eigenvalue weighted by Gasteiger charge is 2.30. The Morgan fingerprint density at radius 2 is 1.77 bits per heavy atom. The predicted molar refractivity (Wildman–Crippen MR) is 110 cm³/mol. The summed E-state index contributed by atoms with van der Waals surface area (Å²) in [5, 5.41) is 0. The predicted octanol–water partition coefficient (Wildman–Crippen LogP) is 1.13. The fourth-order valence-electron chi connectivity index (χ4n) is 3.90. The molecule has 0 saturated carbocycles. The minimum absolute atomic E-state index is 0.0316. The molecule has 2 aromatic rings. The summed E-state index contributed by atoms with van der Waals surface area (Å²) in [5.41, 5.74) is 1.17. The Bertz CT molecular complexity index is 1000.